The second-order valence-corrected chi connectivity index (χ2v) is 6.27. The summed E-state index contributed by atoms with van der Waals surface area (Å²) in [6.07, 6.45) is 2.24. The Labute approximate surface area is 134 Å². The van der Waals surface area contributed by atoms with Gasteiger partial charge in [-0.3, -0.25) is 0 Å². The zero-order valence-corrected chi connectivity index (χ0v) is 14.3. The van der Waals surface area contributed by atoms with E-state index in [0.717, 1.165) is 22.6 Å². The van der Waals surface area contributed by atoms with Crippen LogP contribution in [0.2, 0.25) is 0 Å². The van der Waals surface area contributed by atoms with E-state index >= 15 is 0 Å². The highest BCUT2D eigenvalue weighted by Crippen LogP contribution is 2.20. The van der Waals surface area contributed by atoms with Gasteiger partial charge in [-0.1, -0.05) is 29.3 Å². The van der Waals surface area contributed by atoms with Gasteiger partial charge in [0.15, 0.2) is 3.77 Å². The number of hydrogen-bond acceptors (Lipinski definition) is 2. The molecule has 1 heterocycles. The molecule has 0 atom stereocenters. The summed E-state index contributed by atoms with van der Waals surface area (Å²) in [6.45, 7) is 8.05. The van der Waals surface area contributed by atoms with E-state index in [0.29, 0.717) is 0 Å². The number of allylic oxidation sites excluding steroid dienone is 1. The maximum Gasteiger partial charge on any atom is 0.164 e. The summed E-state index contributed by atoms with van der Waals surface area (Å²) in [6, 6.07) is 12.7. The van der Waals surface area contributed by atoms with Crippen LogP contribution in [0.4, 0.5) is 5.69 Å². The third kappa shape index (κ3) is 4.40. The van der Waals surface area contributed by atoms with Crippen LogP contribution in [0, 0.1) is 10.7 Å². The van der Waals surface area contributed by atoms with Gasteiger partial charge in [0.05, 0.1) is 6.54 Å². The normalized spacial score (nSPS) is 10.4. The predicted molar refractivity (Wildman–Crippen MR) is 93.1 cm³/mol. The van der Waals surface area contributed by atoms with Crippen LogP contribution >= 0.6 is 22.6 Å². The molecule has 20 heavy (non-hydrogen) atoms. The molecule has 2 rings (SSSR count). The van der Waals surface area contributed by atoms with Crippen molar-refractivity contribution in [1.82, 2.24) is 0 Å². The molecule has 1 aromatic carbocycles. The third-order valence-electron chi connectivity index (χ3n) is 3.09. The van der Waals surface area contributed by atoms with Crippen LogP contribution < -0.4 is 4.90 Å². The average molecular weight is 381 g/mol. The summed E-state index contributed by atoms with van der Waals surface area (Å²) in [4.78, 5) is 2.32. The molecule has 2 aromatic rings. The zero-order valence-electron chi connectivity index (χ0n) is 12.2. The van der Waals surface area contributed by atoms with Gasteiger partial charge in [0.2, 0.25) is 0 Å². The van der Waals surface area contributed by atoms with Gasteiger partial charge in [0.1, 0.15) is 5.76 Å². The van der Waals surface area contributed by atoms with E-state index in [9.17, 15) is 0 Å². The molecule has 0 aliphatic heterocycles. The fourth-order valence-electron chi connectivity index (χ4n) is 1.93. The summed E-state index contributed by atoms with van der Waals surface area (Å²) in [5.41, 5.74) is 3.83. The number of nitrogens with zero attached hydrogens (tertiary/aromatic N) is 1. The molecule has 0 spiro atoms. The van der Waals surface area contributed by atoms with Crippen molar-refractivity contribution < 1.29 is 4.42 Å². The van der Waals surface area contributed by atoms with E-state index in [2.05, 4.69) is 78.6 Å². The maximum atomic E-state index is 5.69. The Balaban J connectivity index is 2.19. The fraction of sp³-hybridized carbons (Fsp3) is 0.294. The lowest BCUT2D eigenvalue weighted by Crippen LogP contribution is -2.22. The van der Waals surface area contributed by atoms with Gasteiger partial charge in [0.25, 0.3) is 0 Å². The van der Waals surface area contributed by atoms with Crippen LogP contribution in [0.1, 0.15) is 25.2 Å². The van der Waals surface area contributed by atoms with Gasteiger partial charge < -0.3 is 9.32 Å². The molecule has 0 amide bonds. The van der Waals surface area contributed by atoms with Crippen LogP contribution in [-0.4, -0.2) is 6.54 Å². The molecule has 106 valence electrons. The van der Waals surface area contributed by atoms with Gasteiger partial charge in [0, 0.05) is 12.2 Å². The van der Waals surface area contributed by atoms with Gasteiger partial charge in [-0.05, 0) is 67.6 Å². The molecular formula is C17H20INO. The van der Waals surface area contributed by atoms with Crippen LogP contribution in [0.15, 0.2) is 52.5 Å². The van der Waals surface area contributed by atoms with Crippen molar-refractivity contribution in [2.24, 2.45) is 0 Å². The second kappa shape index (κ2) is 6.97. The Kier molecular flexibility index (Phi) is 5.29. The number of furan rings is 1. The molecule has 1 aromatic heterocycles. The van der Waals surface area contributed by atoms with Crippen LogP contribution in [0.5, 0.6) is 0 Å². The summed E-state index contributed by atoms with van der Waals surface area (Å²) in [7, 11) is 0. The highest BCUT2D eigenvalue weighted by molar-refractivity contribution is 14.1. The first kappa shape index (κ1) is 15.2. The maximum absolute atomic E-state index is 5.69. The molecule has 0 bridgehead atoms. The number of halogens is 1. The first-order valence-electron chi connectivity index (χ1n) is 6.74. The third-order valence-corrected chi connectivity index (χ3v) is 3.67. The lowest BCUT2D eigenvalue weighted by atomic mass is 10.2. The van der Waals surface area contributed by atoms with E-state index in [1.54, 1.807) is 0 Å². The highest BCUT2D eigenvalue weighted by atomic mass is 127. The molecule has 0 saturated carbocycles. The van der Waals surface area contributed by atoms with Crippen molar-refractivity contribution in [3.8, 4) is 0 Å². The minimum absolute atomic E-state index is 0.788. The quantitative estimate of drug-likeness (QED) is 0.525. The Morgan fingerprint density at radius 2 is 1.85 bits per heavy atom. The molecule has 0 N–H and O–H groups in total. The van der Waals surface area contributed by atoms with E-state index in [1.165, 1.54) is 16.8 Å². The molecule has 3 heteroatoms. The smallest absolute Gasteiger partial charge is 0.164 e. The Morgan fingerprint density at radius 1 is 1.15 bits per heavy atom. The number of hydrogen-bond donors (Lipinski definition) is 0. The van der Waals surface area contributed by atoms with Gasteiger partial charge >= 0.3 is 0 Å². The molecule has 0 radical (unpaired) electrons. The molecule has 0 saturated heterocycles. The first-order valence-corrected chi connectivity index (χ1v) is 7.81. The van der Waals surface area contributed by atoms with Crippen molar-refractivity contribution in [1.29, 1.82) is 0 Å². The monoisotopic (exact) mass is 381 g/mol. The Hall–Kier alpha value is -1.23. The molecular weight excluding hydrogens is 361 g/mol. The van der Waals surface area contributed by atoms with E-state index in [-0.39, 0.29) is 0 Å². The summed E-state index contributed by atoms with van der Waals surface area (Å²) in [5, 5.41) is 0. The van der Waals surface area contributed by atoms with E-state index in [1.807, 2.05) is 12.1 Å². The zero-order chi connectivity index (χ0) is 14.5. The largest absolute Gasteiger partial charge is 0.453 e. The first-order chi connectivity index (χ1) is 9.54. The molecule has 0 unspecified atom stereocenters. The molecule has 0 fully saturated rings. The van der Waals surface area contributed by atoms with Crippen molar-refractivity contribution in [3.63, 3.8) is 0 Å². The highest BCUT2D eigenvalue weighted by Gasteiger charge is 2.09. The molecule has 0 aliphatic carbocycles. The SMILES string of the molecule is CC(C)=CCN(Cc1ccc(I)o1)c1ccc(C)cc1. The topological polar surface area (TPSA) is 16.4 Å². The second-order valence-electron chi connectivity index (χ2n) is 5.20. The lowest BCUT2D eigenvalue weighted by Gasteiger charge is -2.22. The summed E-state index contributed by atoms with van der Waals surface area (Å²) < 4.78 is 6.62. The number of aryl methyl sites for hydroxylation is 1. The van der Waals surface area contributed by atoms with Gasteiger partial charge in [-0.15, -0.1) is 0 Å². The number of anilines is 1. The van der Waals surface area contributed by atoms with Gasteiger partial charge in [-0.25, -0.2) is 0 Å². The summed E-state index contributed by atoms with van der Waals surface area (Å²) in [5.74, 6) is 0.997. The minimum atomic E-state index is 0.788. The summed E-state index contributed by atoms with van der Waals surface area (Å²) >= 11 is 2.20. The van der Waals surface area contributed by atoms with Crippen LogP contribution in [0.3, 0.4) is 0 Å². The molecule has 2 nitrogen and oxygen atoms in total. The van der Waals surface area contributed by atoms with E-state index < -0.39 is 0 Å². The lowest BCUT2D eigenvalue weighted by molar-refractivity contribution is 0.481. The Morgan fingerprint density at radius 3 is 2.40 bits per heavy atom. The van der Waals surface area contributed by atoms with E-state index in [4.69, 9.17) is 4.42 Å². The van der Waals surface area contributed by atoms with Crippen molar-refractivity contribution >= 4 is 28.3 Å². The van der Waals surface area contributed by atoms with Gasteiger partial charge in [-0.2, -0.15) is 0 Å². The standard InChI is InChI=1S/C17H20INO/c1-13(2)10-11-19(12-16-8-9-17(18)20-16)15-6-4-14(3)5-7-15/h4-10H,11-12H2,1-3H3. The number of benzene rings is 1. The number of rotatable bonds is 5. The van der Waals surface area contributed by atoms with Crippen molar-refractivity contribution in [2.45, 2.75) is 27.3 Å². The predicted octanol–water partition coefficient (Wildman–Crippen LogP) is 5.17. The average Bonchev–Trinajstić information content (AvgIpc) is 2.81. The van der Waals surface area contributed by atoms with Crippen LogP contribution in [-0.2, 0) is 6.54 Å². The van der Waals surface area contributed by atoms with Crippen molar-refractivity contribution in [3.05, 3.63) is 63.1 Å². The minimum Gasteiger partial charge on any atom is -0.453 e. The van der Waals surface area contributed by atoms with Crippen LogP contribution in [0.25, 0.3) is 0 Å². The Bertz CT molecular complexity index is 579. The molecule has 0 aliphatic rings. The fourth-order valence-corrected chi connectivity index (χ4v) is 2.40. The van der Waals surface area contributed by atoms with Crippen molar-refractivity contribution in [2.75, 3.05) is 11.4 Å².